The van der Waals surface area contributed by atoms with Crippen molar-refractivity contribution in [3.63, 3.8) is 0 Å². The zero-order valence-electron chi connectivity index (χ0n) is 13.3. The van der Waals surface area contributed by atoms with Gasteiger partial charge >= 0.3 is 0 Å². The molecule has 21 heavy (non-hydrogen) atoms. The molecule has 0 atom stereocenters. The van der Waals surface area contributed by atoms with E-state index >= 15 is 0 Å². The summed E-state index contributed by atoms with van der Waals surface area (Å²) in [5.41, 5.74) is 8.58. The van der Waals surface area contributed by atoms with Crippen LogP contribution in [-0.2, 0) is 0 Å². The van der Waals surface area contributed by atoms with Crippen molar-refractivity contribution in [3.8, 4) is 0 Å². The Bertz CT molecular complexity index is 674. The number of nitrogens with zero attached hydrogens (tertiary/aromatic N) is 4. The zero-order chi connectivity index (χ0) is 15.8. The van der Waals surface area contributed by atoms with E-state index in [4.69, 9.17) is 5.73 Å². The monoisotopic (exact) mass is 289 g/mol. The molecule has 0 aliphatic rings. The van der Waals surface area contributed by atoms with Crippen molar-refractivity contribution in [1.82, 2.24) is 19.5 Å². The summed E-state index contributed by atoms with van der Waals surface area (Å²) < 4.78 is 1.70. The van der Waals surface area contributed by atoms with Gasteiger partial charge in [0.2, 0.25) is 0 Å². The summed E-state index contributed by atoms with van der Waals surface area (Å²) in [5, 5.41) is 4.26. The van der Waals surface area contributed by atoms with Gasteiger partial charge in [-0.3, -0.25) is 4.79 Å². The topological polar surface area (TPSA) is 76.5 Å². The van der Waals surface area contributed by atoms with Gasteiger partial charge in [-0.2, -0.15) is 5.10 Å². The van der Waals surface area contributed by atoms with Crippen molar-refractivity contribution < 1.29 is 4.79 Å². The van der Waals surface area contributed by atoms with Crippen LogP contribution in [0.25, 0.3) is 5.65 Å². The number of aromatic nitrogens is 3. The molecule has 2 rings (SSSR count). The van der Waals surface area contributed by atoms with Crippen LogP contribution in [0.5, 0.6) is 0 Å². The van der Waals surface area contributed by atoms with Crippen LogP contribution in [0.4, 0.5) is 0 Å². The highest BCUT2D eigenvalue weighted by Gasteiger charge is 2.24. The smallest absolute Gasteiger partial charge is 0.259 e. The number of hydrogen-bond donors (Lipinski definition) is 1. The van der Waals surface area contributed by atoms with Gasteiger partial charge in [-0.1, -0.05) is 13.8 Å². The maximum Gasteiger partial charge on any atom is 0.259 e. The van der Waals surface area contributed by atoms with E-state index in [-0.39, 0.29) is 11.3 Å². The normalized spacial score (nSPS) is 11.9. The highest BCUT2D eigenvalue weighted by atomic mass is 16.2. The molecule has 114 valence electrons. The molecule has 0 spiro atoms. The Labute approximate surface area is 125 Å². The molecule has 6 heteroatoms. The van der Waals surface area contributed by atoms with Gasteiger partial charge < -0.3 is 10.6 Å². The van der Waals surface area contributed by atoms with Gasteiger partial charge in [0.05, 0.1) is 6.20 Å². The van der Waals surface area contributed by atoms with Crippen LogP contribution in [-0.4, -0.2) is 45.5 Å². The number of nitrogens with two attached hydrogens (primary N) is 1. The Morgan fingerprint density at radius 3 is 2.71 bits per heavy atom. The summed E-state index contributed by atoms with van der Waals surface area (Å²) >= 11 is 0. The Hall–Kier alpha value is -1.95. The Balaban J connectivity index is 2.36. The Kier molecular flexibility index (Phi) is 4.00. The van der Waals surface area contributed by atoms with Crippen LogP contribution in [0.15, 0.2) is 12.3 Å². The molecule has 0 aliphatic heterocycles. The fourth-order valence-electron chi connectivity index (χ4n) is 2.41. The molecule has 0 fully saturated rings. The first kappa shape index (κ1) is 15.4. The van der Waals surface area contributed by atoms with Crippen LogP contribution in [0.2, 0.25) is 0 Å². The predicted octanol–water partition coefficient (Wildman–Crippen LogP) is 1.40. The second-order valence-corrected chi connectivity index (χ2v) is 6.36. The molecule has 0 bridgehead atoms. The molecular formula is C15H23N5O. The van der Waals surface area contributed by atoms with Crippen molar-refractivity contribution in [2.75, 3.05) is 20.1 Å². The van der Waals surface area contributed by atoms with Crippen molar-refractivity contribution in [2.45, 2.75) is 27.7 Å². The summed E-state index contributed by atoms with van der Waals surface area (Å²) in [6.45, 7) is 9.05. The Morgan fingerprint density at radius 1 is 1.43 bits per heavy atom. The van der Waals surface area contributed by atoms with Crippen LogP contribution in [0.1, 0.15) is 35.6 Å². The predicted molar refractivity (Wildman–Crippen MR) is 82.3 cm³/mol. The minimum absolute atomic E-state index is 0.0796. The van der Waals surface area contributed by atoms with E-state index in [0.29, 0.717) is 24.3 Å². The lowest BCUT2D eigenvalue weighted by molar-refractivity contribution is 0.0742. The van der Waals surface area contributed by atoms with Crippen LogP contribution >= 0.6 is 0 Å². The summed E-state index contributed by atoms with van der Waals surface area (Å²) in [7, 11) is 1.78. The highest BCUT2D eigenvalue weighted by Crippen LogP contribution is 2.18. The van der Waals surface area contributed by atoms with Gasteiger partial charge in [-0.25, -0.2) is 9.50 Å². The van der Waals surface area contributed by atoms with Gasteiger partial charge in [0, 0.05) is 25.0 Å². The number of carbonyl (C=O) groups is 1. The van der Waals surface area contributed by atoms with Crippen LogP contribution < -0.4 is 5.73 Å². The lowest BCUT2D eigenvalue weighted by Gasteiger charge is -2.28. The molecule has 2 heterocycles. The van der Waals surface area contributed by atoms with Crippen molar-refractivity contribution in [3.05, 3.63) is 29.2 Å². The third-order valence-electron chi connectivity index (χ3n) is 3.57. The van der Waals surface area contributed by atoms with Gasteiger partial charge in [0.25, 0.3) is 5.91 Å². The highest BCUT2D eigenvalue weighted by molar-refractivity contribution is 5.99. The number of rotatable bonds is 4. The standard InChI is InChI=1S/C15H23N5O/c1-10-6-11(2)20-13(18-10)12(7-17-20)14(21)19(5)9-15(3,4)8-16/h6-7H,8-9,16H2,1-5H3. The van der Waals surface area contributed by atoms with E-state index in [9.17, 15) is 4.79 Å². The maximum atomic E-state index is 12.6. The quantitative estimate of drug-likeness (QED) is 0.923. The molecule has 2 aromatic rings. The first-order valence-corrected chi connectivity index (χ1v) is 7.03. The molecule has 0 aromatic carbocycles. The number of hydrogen-bond acceptors (Lipinski definition) is 4. The van der Waals surface area contributed by atoms with E-state index in [1.165, 1.54) is 0 Å². The fraction of sp³-hybridized carbons (Fsp3) is 0.533. The van der Waals surface area contributed by atoms with Gasteiger partial charge in [-0.15, -0.1) is 0 Å². The number of amides is 1. The molecule has 0 saturated carbocycles. The van der Waals surface area contributed by atoms with E-state index < -0.39 is 0 Å². The SMILES string of the molecule is Cc1cc(C)n2ncc(C(=O)N(C)CC(C)(C)CN)c2n1. The lowest BCUT2D eigenvalue weighted by Crippen LogP contribution is -2.39. The first-order chi connectivity index (χ1) is 9.75. The van der Waals surface area contributed by atoms with Crippen molar-refractivity contribution in [1.29, 1.82) is 0 Å². The molecule has 6 nitrogen and oxygen atoms in total. The van der Waals surface area contributed by atoms with E-state index in [1.807, 2.05) is 33.8 Å². The summed E-state index contributed by atoms with van der Waals surface area (Å²) in [6, 6.07) is 1.94. The van der Waals surface area contributed by atoms with Gasteiger partial charge in [0.1, 0.15) is 5.56 Å². The number of fused-ring (bicyclic) bond motifs is 1. The average Bonchev–Trinajstić information content (AvgIpc) is 2.81. The summed E-state index contributed by atoms with van der Waals surface area (Å²) in [5.74, 6) is -0.0796. The minimum Gasteiger partial charge on any atom is -0.341 e. The van der Waals surface area contributed by atoms with Crippen LogP contribution in [0, 0.1) is 19.3 Å². The van der Waals surface area contributed by atoms with Crippen molar-refractivity contribution in [2.24, 2.45) is 11.1 Å². The van der Waals surface area contributed by atoms with E-state index in [0.717, 1.165) is 11.4 Å². The first-order valence-electron chi connectivity index (χ1n) is 7.03. The van der Waals surface area contributed by atoms with Crippen molar-refractivity contribution >= 4 is 11.6 Å². The molecule has 0 unspecified atom stereocenters. The number of carbonyl (C=O) groups excluding carboxylic acids is 1. The second-order valence-electron chi connectivity index (χ2n) is 6.36. The molecule has 0 radical (unpaired) electrons. The molecular weight excluding hydrogens is 266 g/mol. The molecule has 1 amide bonds. The Morgan fingerprint density at radius 2 is 2.10 bits per heavy atom. The van der Waals surface area contributed by atoms with Gasteiger partial charge in [-0.05, 0) is 31.9 Å². The maximum absolute atomic E-state index is 12.6. The summed E-state index contributed by atoms with van der Waals surface area (Å²) in [4.78, 5) is 18.8. The molecule has 2 aromatic heterocycles. The average molecular weight is 289 g/mol. The third kappa shape index (κ3) is 3.05. The van der Waals surface area contributed by atoms with E-state index in [1.54, 1.807) is 22.7 Å². The minimum atomic E-state index is -0.118. The molecule has 0 saturated heterocycles. The lowest BCUT2D eigenvalue weighted by atomic mass is 9.93. The third-order valence-corrected chi connectivity index (χ3v) is 3.57. The summed E-state index contributed by atoms with van der Waals surface area (Å²) in [6.07, 6.45) is 1.59. The second kappa shape index (κ2) is 5.44. The van der Waals surface area contributed by atoms with E-state index in [2.05, 4.69) is 10.1 Å². The largest absolute Gasteiger partial charge is 0.341 e. The zero-order valence-corrected chi connectivity index (χ0v) is 13.3. The fourth-order valence-corrected chi connectivity index (χ4v) is 2.41. The van der Waals surface area contributed by atoms with Crippen LogP contribution in [0.3, 0.4) is 0 Å². The molecule has 0 aliphatic carbocycles. The molecule has 2 N–H and O–H groups in total. The number of aryl methyl sites for hydroxylation is 2. The van der Waals surface area contributed by atoms with Gasteiger partial charge in [0.15, 0.2) is 5.65 Å².